The highest BCUT2D eigenvalue weighted by Gasteiger charge is 2.23. The first-order chi connectivity index (χ1) is 16.3. The normalized spacial score (nSPS) is 16.9. The molecule has 184 valence electrons. The van der Waals surface area contributed by atoms with E-state index in [1.54, 1.807) is 17.0 Å². The summed E-state index contributed by atoms with van der Waals surface area (Å²) in [5.74, 6) is 1.93. The molecule has 1 atom stereocenters. The molecule has 0 saturated carbocycles. The molecule has 0 radical (unpaired) electrons. The highest BCUT2D eigenvalue weighted by Crippen LogP contribution is 2.32. The molecule has 2 aromatic carbocycles. The van der Waals surface area contributed by atoms with Gasteiger partial charge < -0.3 is 19.1 Å². The molecular weight excluding hydrogens is 458 g/mol. The second-order valence-corrected chi connectivity index (χ2v) is 10.2. The maximum absolute atomic E-state index is 12.6. The fourth-order valence-electron chi connectivity index (χ4n) is 3.82. The van der Waals surface area contributed by atoms with Gasteiger partial charge in [0, 0.05) is 38.8 Å². The van der Waals surface area contributed by atoms with E-state index in [0.717, 1.165) is 36.7 Å². The third-order valence-electron chi connectivity index (χ3n) is 6.03. The lowest BCUT2D eigenvalue weighted by atomic mass is 10.1. The van der Waals surface area contributed by atoms with Gasteiger partial charge in [-0.05, 0) is 55.3 Å². The average Bonchev–Trinajstić information content (AvgIpc) is 3.31. The molecule has 2 aromatic rings. The number of amides is 1. The summed E-state index contributed by atoms with van der Waals surface area (Å²) >= 11 is 0. The van der Waals surface area contributed by atoms with Gasteiger partial charge in [0.25, 0.3) is 5.91 Å². The third-order valence-corrected chi connectivity index (χ3v) is 7.64. The predicted molar refractivity (Wildman–Crippen MR) is 126 cm³/mol. The summed E-state index contributed by atoms with van der Waals surface area (Å²) in [6, 6.07) is 11.9. The summed E-state index contributed by atoms with van der Waals surface area (Å²) in [5.41, 5.74) is 1.15. The standard InChI is InChI=1S/C24H31N3O6S/c1-3-18(2)25-34(29,30)21-7-5-20(6-8-21)31-16-24(28)27-12-10-26(11-13-27)15-19-4-9-22-23(14-19)33-17-32-22/h4-9,14,18,25H,3,10-13,15-17H2,1-2H3/t18-/m1/s1. The van der Waals surface area contributed by atoms with Gasteiger partial charge in [0.05, 0.1) is 4.90 Å². The van der Waals surface area contributed by atoms with Gasteiger partial charge in [-0.15, -0.1) is 0 Å². The molecule has 0 unspecified atom stereocenters. The topological polar surface area (TPSA) is 97.4 Å². The van der Waals surface area contributed by atoms with Crippen LogP contribution in [0.5, 0.6) is 17.2 Å². The van der Waals surface area contributed by atoms with Crippen LogP contribution in [0.2, 0.25) is 0 Å². The van der Waals surface area contributed by atoms with E-state index < -0.39 is 10.0 Å². The lowest BCUT2D eigenvalue weighted by molar-refractivity contribution is -0.135. The number of carbonyl (C=O) groups excluding carboxylic acids is 1. The molecule has 4 rings (SSSR count). The van der Waals surface area contributed by atoms with Gasteiger partial charge in [-0.2, -0.15) is 0 Å². The minimum Gasteiger partial charge on any atom is -0.484 e. The highest BCUT2D eigenvalue weighted by atomic mass is 32.2. The first-order valence-electron chi connectivity index (χ1n) is 11.5. The molecule has 0 aliphatic carbocycles. The summed E-state index contributed by atoms with van der Waals surface area (Å²) in [5, 5.41) is 0. The number of carbonyl (C=O) groups is 1. The van der Waals surface area contributed by atoms with Crippen molar-refractivity contribution < 1.29 is 27.4 Å². The Hall–Kier alpha value is -2.82. The van der Waals surface area contributed by atoms with Crippen LogP contribution in [0.15, 0.2) is 47.4 Å². The van der Waals surface area contributed by atoms with Gasteiger partial charge >= 0.3 is 0 Å². The van der Waals surface area contributed by atoms with Crippen LogP contribution in [0.4, 0.5) is 0 Å². The second-order valence-electron chi connectivity index (χ2n) is 8.54. The van der Waals surface area contributed by atoms with Crippen LogP contribution in [0.1, 0.15) is 25.8 Å². The van der Waals surface area contributed by atoms with Gasteiger partial charge in [-0.3, -0.25) is 9.69 Å². The minimum atomic E-state index is -3.57. The number of benzene rings is 2. The lowest BCUT2D eigenvalue weighted by Crippen LogP contribution is -2.49. The van der Waals surface area contributed by atoms with Crippen LogP contribution in [-0.2, 0) is 21.4 Å². The Bertz CT molecular complexity index is 1100. The van der Waals surface area contributed by atoms with Crippen LogP contribution in [0.3, 0.4) is 0 Å². The van der Waals surface area contributed by atoms with Crippen molar-refractivity contribution in [1.29, 1.82) is 0 Å². The molecule has 34 heavy (non-hydrogen) atoms. The van der Waals surface area contributed by atoms with Gasteiger partial charge in [-0.25, -0.2) is 13.1 Å². The van der Waals surface area contributed by atoms with E-state index in [1.807, 2.05) is 32.0 Å². The summed E-state index contributed by atoms with van der Waals surface area (Å²) in [6.07, 6.45) is 0.704. The van der Waals surface area contributed by atoms with Gasteiger partial charge in [0.1, 0.15) is 5.75 Å². The van der Waals surface area contributed by atoms with Crippen molar-refractivity contribution in [3.05, 3.63) is 48.0 Å². The van der Waals surface area contributed by atoms with Crippen molar-refractivity contribution in [3.8, 4) is 17.2 Å². The fraction of sp³-hybridized carbons (Fsp3) is 0.458. The molecule has 1 amide bonds. The molecule has 0 aromatic heterocycles. The van der Waals surface area contributed by atoms with Crippen LogP contribution in [0, 0.1) is 0 Å². The zero-order valence-corrected chi connectivity index (χ0v) is 20.3. The number of fused-ring (bicyclic) bond motifs is 1. The predicted octanol–water partition coefficient (Wildman–Crippen LogP) is 2.22. The van der Waals surface area contributed by atoms with E-state index in [4.69, 9.17) is 14.2 Å². The quantitative estimate of drug-likeness (QED) is 0.577. The maximum atomic E-state index is 12.6. The number of nitrogens with one attached hydrogen (secondary N) is 1. The first-order valence-corrected chi connectivity index (χ1v) is 13.0. The number of nitrogens with zero attached hydrogens (tertiary/aromatic N) is 2. The molecule has 1 saturated heterocycles. The van der Waals surface area contributed by atoms with Crippen molar-refractivity contribution in [2.24, 2.45) is 0 Å². The van der Waals surface area contributed by atoms with Crippen LogP contribution in [0.25, 0.3) is 0 Å². The van der Waals surface area contributed by atoms with Crippen molar-refractivity contribution in [2.75, 3.05) is 39.6 Å². The van der Waals surface area contributed by atoms with Crippen LogP contribution < -0.4 is 18.9 Å². The second kappa shape index (κ2) is 10.6. The molecule has 2 aliphatic heterocycles. The largest absolute Gasteiger partial charge is 0.484 e. The smallest absolute Gasteiger partial charge is 0.260 e. The molecule has 2 heterocycles. The maximum Gasteiger partial charge on any atom is 0.260 e. The summed E-state index contributed by atoms with van der Waals surface area (Å²) < 4.78 is 43.7. The molecular formula is C24H31N3O6S. The zero-order chi connectivity index (χ0) is 24.1. The molecule has 10 heteroatoms. The van der Waals surface area contributed by atoms with E-state index in [1.165, 1.54) is 12.1 Å². The van der Waals surface area contributed by atoms with E-state index in [0.29, 0.717) is 25.3 Å². The lowest BCUT2D eigenvalue weighted by Gasteiger charge is -2.34. The SMILES string of the molecule is CC[C@@H](C)NS(=O)(=O)c1ccc(OCC(=O)N2CCN(Cc3ccc4c(c3)OCO4)CC2)cc1. The minimum absolute atomic E-state index is 0.0840. The Morgan fingerprint density at radius 2 is 1.76 bits per heavy atom. The molecule has 0 spiro atoms. The molecule has 2 aliphatic rings. The number of rotatable bonds is 9. The summed E-state index contributed by atoms with van der Waals surface area (Å²) in [7, 11) is -3.57. The molecule has 0 bridgehead atoms. The number of sulfonamides is 1. The zero-order valence-electron chi connectivity index (χ0n) is 19.5. The number of hydrogen-bond donors (Lipinski definition) is 1. The van der Waals surface area contributed by atoms with E-state index in [2.05, 4.69) is 9.62 Å². The van der Waals surface area contributed by atoms with Gasteiger partial charge in [-0.1, -0.05) is 13.0 Å². The average molecular weight is 490 g/mol. The van der Waals surface area contributed by atoms with Gasteiger partial charge in [0.2, 0.25) is 16.8 Å². The van der Waals surface area contributed by atoms with Crippen LogP contribution >= 0.6 is 0 Å². The van der Waals surface area contributed by atoms with Crippen molar-refractivity contribution >= 4 is 15.9 Å². The third kappa shape index (κ3) is 5.99. The van der Waals surface area contributed by atoms with Crippen LogP contribution in [-0.4, -0.2) is 69.7 Å². The molecule has 1 N–H and O–H groups in total. The fourth-order valence-corrected chi connectivity index (χ4v) is 5.15. The number of hydrogen-bond acceptors (Lipinski definition) is 7. The number of ether oxygens (including phenoxy) is 3. The first kappa shape index (κ1) is 24.3. The van der Waals surface area contributed by atoms with E-state index in [9.17, 15) is 13.2 Å². The van der Waals surface area contributed by atoms with Gasteiger partial charge in [0.15, 0.2) is 18.1 Å². The monoisotopic (exact) mass is 489 g/mol. The molecule has 9 nitrogen and oxygen atoms in total. The Morgan fingerprint density at radius 3 is 2.47 bits per heavy atom. The van der Waals surface area contributed by atoms with Crippen molar-refractivity contribution in [3.63, 3.8) is 0 Å². The number of piperazine rings is 1. The highest BCUT2D eigenvalue weighted by molar-refractivity contribution is 7.89. The van der Waals surface area contributed by atoms with Crippen molar-refractivity contribution in [1.82, 2.24) is 14.5 Å². The Balaban J connectivity index is 1.22. The summed E-state index contributed by atoms with van der Waals surface area (Å²) in [6.45, 7) is 7.51. The Morgan fingerprint density at radius 1 is 1.06 bits per heavy atom. The van der Waals surface area contributed by atoms with E-state index >= 15 is 0 Å². The Kier molecular flexibility index (Phi) is 7.60. The van der Waals surface area contributed by atoms with Crippen molar-refractivity contribution in [2.45, 2.75) is 37.8 Å². The Labute approximate surface area is 200 Å². The summed E-state index contributed by atoms with van der Waals surface area (Å²) in [4.78, 5) is 16.9. The van der Waals surface area contributed by atoms with E-state index in [-0.39, 0.29) is 30.2 Å². The molecule has 1 fully saturated rings.